The van der Waals surface area contributed by atoms with Crippen molar-refractivity contribution < 1.29 is 14.3 Å². The predicted molar refractivity (Wildman–Crippen MR) is 129 cm³/mol. The van der Waals surface area contributed by atoms with Gasteiger partial charge in [0.1, 0.15) is 5.00 Å². The summed E-state index contributed by atoms with van der Waals surface area (Å²) in [5, 5.41) is 3.65. The van der Waals surface area contributed by atoms with Gasteiger partial charge in [-0.1, -0.05) is 38.5 Å². The van der Waals surface area contributed by atoms with Crippen molar-refractivity contribution in [2.45, 2.75) is 84.2 Å². The third kappa shape index (κ3) is 6.41. The number of ether oxygens (including phenoxy) is 1. The number of carbonyl (C=O) groups is 2. The van der Waals surface area contributed by atoms with Crippen LogP contribution in [0.15, 0.2) is 15.9 Å². The zero-order chi connectivity index (χ0) is 21.5. The molecule has 0 unspecified atom stereocenters. The van der Waals surface area contributed by atoms with Crippen LogP contribution in [0.4, 0.5) is 5.00 Å². The normalized spacial score (nSPS) is 15.7. The van der Waals surface area contributed by atoms with Gasteiger partial charge in [-0.15, -0.1) is 22.7 Å². The van der Waals surface area contributed by atoms with Crippen molar-refractivity contribution in [1.29, 1.82) is 0 Å². The van der Waals surface area contributed by atoms with E-state index in [9.17, 15) is 9.59 Å². The highest BCUT2D eigenvalue weighted by molar-refractivity contribution is 9.11. The number of aryl methyl sites for hydroxylation is 1. The quantitative estimate of drug-likeness (QED) is 0.429. The summed E-state index contributed by atoms with van der Waals surface area (Å²) < 4.78 is 6.48. The molecule has 0 atom stereocenters. The van der Waals surface area contributed by atoms with Gasteiger partial charge in [0.05, 0.1) is 20.3 Å². The number of esters is 1. The molecule has 0 aliphatic heterocycles. The zero-order valence-electron chi connectivity index (χ0n) is 17.7. The number of nitrogens with one attached hydrogen (secondary N) is 1. The molecular formula is C23H30BrNO3S2. The maximum atomic E-state index is 13.0. The Bertz CT molecular complexity index is 872. The van der Waals surface area contributed by atoms with E-state index in [0.29, 0.717) is 15.4 Å². The Kier molecular flexibility index (Phi) is 8.96. The van der Waals surface area contributed by atoms with Crippen LogP contribution in [-0.2, 0) is 17.6 Å². The molecule has 1 N–H and O–H groups in total. The molecule has 2 aromatic heterocycles. The second kappa shape index (κ2) is 11.4. The largest absolute Gasteiger partial charge is 0.459 e. The third-order valence-corrected chi connectivity index (χ3v) is 8.07. The van der Waals surface area contributed by atoms with E-state index >= 15 is 0 Å². The van der Waals surface area contributed by atoms with Gasteiger partial charge in [-0.3, -0.25) is 4.79 Å². The first kappa shape index (κ1) is 23.5. The van der Waals surface area contributed by atoms with Crippen LogP contribution in [0.1, 0.15) is 95.7 Å². The molecule has 1 amide bonds. The summed E-state index contributed by atoms with van der Waals surface area (Å²) in [6, 6.07) is 3.65. The molecule has 3 rings (SSSR count). The molecule has 1 aliphatic carbocycles. The van der Waals surface area contributed by atoms with Crippen LogP contribution in [0.2, 0.25) is 0 Å². The van der Waals surface area contributed by atoms with Crippen molar-refractivity contribution in [3.05, 3.63) is 36.8 Å². The fourth-order valence-corrected chi connectivity index (χ4v) is 6.36. The number of hydrogen-bond donors (Lipinski definition) is 1. The molecule has 0 spiro atoms. The van der Waals surface area contributed by atoms with E-state index < -0.39 is 0 Å². The number of rotatable bonds is 4. The lowest BCUT2D eigenvalue weighted by Gasteiger charge is -2.12. The lowest BCUT2D eigenvalue weighted by atomic mass is 9.97. The minimum absolute atomic E-state index is 0.179. The zero-order valence-corrected chi connectivity index (χ0v) is 20.9. The fourth-order valence-electron chi connectivity index (χ4n) is 3.80. The average molecular weight is 513 g/mol. The Hall–Kier alpha value is -1.18. The Morgan fingerprint density at radius 2 is 1.60 bits per heavy atom. The van der Waals surface area contributed by atoms with Crippen molar-refractivity contribution in [3.8, 4) is 0 Å². The van der Waals surface area contributed by atoms with Crippen LogP contribution >= 0.6 is 38.6 Å². The van der Waals surface area contributed by atoms with E-state index in [2.05, 4.69) is 21.2 Å². The summed E-state index contributed by atoms with van der Waals surface area (Å²) in [6.45, 7) is 3.72. The van der Waals surface area contributed by atoms with E-state index in [1.54, 1.807) is 17.4 Å². The van der Waals surface area contributed by atoms with Gasteiger partial charge in [-0.2, -0.15) is 0 Å². The Balaban J connectivity index is 1.93. The molecule has 2 heterocycles. The van der Waals surface area contributed by atoms with Crippen molar-refractivity contribution in [1.82, 2.24) is 0 Å². The van der Waals surface area contributed by atoms with E-state index in [4.69, 9.17) is 4.74 Å². The van der Waals surface area contributed by atoms with Gasteiger partial charge in [-0.05, 0) is 73.2 Å². The smallest absolute Gasteiger partial charge is 0.341 e. The van der Waals surface area contributed by atoms with E-state index in [0.717, 1.165) is 35.0 Å². The second-order valence-electron chi connectivity index (χ2n) is 8.05. The maximum absolute atomic E-state index is 13.0. The van der Waals surface area contributed by atoms with Crippen LogP contribution in [-0.4, -0.2) is 18.0 Å². The lowest BCUT2D eigenvalue weighted by molar-refractivity contribution is 0.0378. The summed E-state index contributed by atoms with van der Waals surface area (Å²) in [5.41, 5.74) is 1.67. The Labute approximate surface area is 195 Å². The highest BCUT2D eigenvalue weighted by Crippen LogP contribution is 2.37. The molecule has 1 aliphatic rings. The van der Waals surface area contributed by atoms with Gasteiger partial charge < -0.3 is 10.1 Å². The lowest BCUT2D eigenvalue weighted by Crippen LogP contribution is -2.17. The Morgan fingerprint density at radius 1 is 0.967 bits per heavy atom. The van der Waals surface area contributed by atoms with Crippen molar-refractivity contribution >= 4 is 55.5 Å². The van der Waals surface area contributed by atoms with Gasteiger partial charge in [-0.25, -0.2) is 4.79 Å². The molecule has 0 saturated carbocycles. The molecule has 30 heavy (non-hydrogen) atoms. The first-order chi connectivity index (χ1) is 14.5. The number of hydrogen-bond acceptors (Lipinski definition) is 5. The second-order valence-corrected chi connectivity index (χ2v) is 11.6. The average Bonchev–Trinajstić information content (AvgIpc) is 3.25. The maximum Gasteiger partial charge on any atom is 0.341 e. The topological polar surface area (TPSA) is 55.4 Å². The molecule has 0 aromatic carbocycles. The Morgan fingerprint density at radius 3 is 2.20 bits per heavy atom. The minimum Gasteiger partial charge on any atom is -0.459 e. The van der Waals surface area contributed by atoms with Gasteiger partial charge >= 0.3 is 5.97 Å². The number of halogens is 1. The molecule has 2 aromatic rings. The molecule has 0 bridgehead atoms. The van der Waals surface area contributed by atoms with Gasteiger partial charge in [0.25, 0.3) is 5.91 Å². The first-order valence-electron chi connectivity index (χ1n) is 10.9. The minimum atomic E-state index is -0.322. The monoisotopic (exact) mass is 511 g/mol. The van der Waals surface area contributed by atoms with Crippen molar-refractivity contribution in [3.63, 3.8) is 0 Å². The number of carbonyl (C=O) groups excluding carboxylic acids is 2. The summed E-state index contributed by atoms with van der Waals surface area (Å²) in [5.74, 6) is -0.501. The highest BCUT2D eigenvalue weighted by Gasteiger charge is 2.27. The summed E-state index contributed by atoms with van der Waals surface area (Å²) in [7, 11) is 0. The summed E-state index contributed by atoms with van der Waals surface area (Å²) in [6.07, 6.45) is 11.4. The van der Waals surface area contributed by atoms with E-state index in [1.807, 2.05) is 19.9 Å². The highest BCUT2D eigenvalue weighted by atomic mass is 79.9. The predicted octanol–water partition coefficient (Wildman–Crippen LogP) is 7.61. The van der Waals surface area contributed by atoms with E-state index in [-0.39, 0.29) is 18.0 Å². The molecule has 164 valence electrons. The molecule has 0 fully saturated rings. The van der Waals surface area contributed by atoms with Gasteiger partial charge in [0.2, 0.25) is 0 Å². The van der Waals surface area contributed by atoms with Crippen LogP contribution < -0.4 is 5.32 Å². The third-order valence-electron chi connectivity index (χ3n) is 5.24. The molecule has 0 radical (unpaired) electrons. The SMILES string of the molecule is CC(C)OC(=O)c1c(NC(=O)c2ccc(Br)s2)sc2c1CCCCCCCCCC2. The van der Waals surface area contributed by atoms with Crippen molar-refractivity contribution in [2.24, 2.45) is 0 Å². The number of fused-ring (bicyclic) bond motifs is 1. The van der Waals surface area contributed by atoms with Crippen LogP contribution in [0, 0.1) is 0 Å². The number of amides is 1. The van der Waals surface area contributed by atoms with Crippen LogP contribution in [0.3, 0.4) is 0 Å². The molecular weight excluding hydrogens is 482 g/mol. The number of anilines is 1. The summed E-state index contributed by atoms with van der Waals surface area (Å²) >= 11 is 6.35. The molecule has 4 nitrogen and oxygen atoms in total. The van der Waals surface area contributed by atoms with Gasteiger partial charge in [0, 0.05) is 4.88 Å². The van der Waals surface area contributed by atoms with Crippen molar-refractivity contribution in [2.75, 3.05) is 5.32 Å². The first-order valence-corrected chi connectivity index (χ1v) is 13.3. The van der Waals surface area contributed by atoms with Crippen LogP contribution in [0.5, 0.6) is 0 Å². The fraction of sp³-hybridized carbons (Fsp3) is 0.565. The molecule has 7 heteroatoms. The van der Waals surface area contributed by atoms with E-state index in [1.165, 1.54) is 54.7 Å². The van der Waals surface area contributed by atoms with Crippen LogP contribution in [0.25, 0.3) is 0 Å². The molecule has 0 saturated heterocycles. The standard InChI is InChI=1S/C23H30BrNO3S2/c1-15(2)28-23(27)20-16-11-9-7-5-3-4-6-8-10-12-17(16)30-22(20)25-21(26)18-13-14-19(24)29-18/h13-15H,3-12H2,1-2H3,(H,25,26). The summed E-state index contributed by atoms with van der Waals surface area (Å²) in [4.78, 5) is 27.7. The number of thiophene rings is 2. The van der Waals surface area contributed by atoms with Gasteiger partial charge in [0.15, 0.2) is 0 Å².